The standard InChI is InChI=1S/C19H21N3O4S/c1-13-4-6-14(7-5-13)11-20-18(23)12-27(25,26)15-8-9-16-17(10-15)22(3)19(24)21(16)2/h4-10H,11-12H2,1-3H3,(H,20,23). The summed E-state index contributed by atoms with van der Waals surface area (Å²) >= 11 is 0. The van der Waals surface area contributed by atoms with Crippen LogP contribution in [0.1, 0.15) is 11.1 Å². The molecule has 1 amide bonds. The summed E-state index contributed by atoms with van der Waals surface area (Å²) in [4.78, 5) is 24.1. The third-order valence-corrected chi connectivity index (χ3v) is 6.15. The van der Waals surface area contributed by atoms with Crippen molar-refractivity contribution in [3.8, 4) is 0 Å². The Balaban J connectivity index is 1.76. The first-order valence-electron chi connectivity index (χ1n) is 8.39. The van der Waals surface area contributed by atoms with Gasteiger partial charge in [0.2, 0.25) is 5.91 Å². The zero-order valence-corrected chi connectivity index (χ0v) is 16.2. The van der Waals surface area contributed by atoms with Gasteiger partial charge in [-0.15, -0.1) is 0 Å². The van der Waals surface area contributed by atoms with E-state index in [9.17, 15) is 18.0 Å². The Hall–Kier alpha value is -2.87. The van der Waals surface area contributed by atoms with Crippen LogP contribution >= 0.6 is 0 Å². The largest absolute Gasteiger partial charge is 0.351 e. The predicted molar refractivity (Wildman–Crippen MR) is 103 cm³/mol. The maximum atomic E-state index is 12.6. The normalized spacial score (nSPS) is 11.7. The molecule has 3 aromatic rings. The van der Waals surface area contributed by atoms with Gasteiger partial charge in [0.05, 0.1) is 15.9 Å². The monoisotopic (exact) mass is 387 g/mol. The number of amides is 1. The van der Waals surface area contributed by atoms with Gasteiger partial charge < -0.3 is 5.32 Å². The molecule has 7 nitrogen and oxygen atoms in total. The lowest BCUT2D eigenvalue weighted by atomic mass is 10.1. The molecule has 1 N–H and O–H groups in total. The third kappa shape index (κ3) is 3.80. The first-order valence-corrected chi connectivity index (χ1v) is 10.0. The highest BCUT2D eigenvalue weighted by atomic mass is 32.2. The first-order chi connectivity index (χ1) is 12.7. The lowest BCUT2D eigenvalue weighted by molar-refractivity contribution is -0.118. The molecule has 0 aliphatic carbocycles. The van der Waals surface area contributed by atoms with Crippen LogP contribution in [0, 0.1) is 6.92 Å². The van der Waals surface area contributed by atoms with Gasteiger partial charge in [-0.05, 0) is 30.7 Å². The number of hydrogen-bond acceptors (Lipinski definition) is 4. The van der Waals surface area contributed by atoms with Crippen LogP contribution in [0.4, 0.5) is 0 Å². The quantitative estimate of drug-likeness (QED) is 0.714. The van der Waals surface area contributed by atoms with Crippen molar-refractivity contribution in [3.05, 3.63) is 64.1 Å². The van der Waals surface area contributed by atoms with Crippen LogP contribution in [0.2, 0.25) is 0 Å². The average Bonchev–Trinajstić information content (AvgIpc) is 2.85. The summed E-state index contributed by atoms with van der Waals surface area (Å²) in [7, 11) is -0.618. The third-order valence-electron chi connectivity index (χ3n) is 4.53. The summed E-state index contributed by atoms with van der Waals surface area (Å²) in [6.07, 6.45) is 0. The number of aromatic nitrogens is 2. The van der Waals surface area contributed by atoms with E-state index in [1.165, 1.54) is 21.3 Å². The van der Waals surface area contributed by atoms with E-state index in [1.807, 2.05) is 31.2 Å². The minimum absolute atomic E-state index is 0.0154. The number of rotatable bonds is 5. The predicted octanol–water partition coefficient (Wildman–Crippen LogP) is 1.28. The number of sulfone groups is 1. The second kappa shape index (κ2) is 7.03. The fraction of sp³-hybridized carbons (Fsp3) is 0.263. The van der Waals surface area contributed by atoms with Crippen LogP contribution in [-0.2, 0) is 35.3 Å². The second-order valence-corrected chi connectivity index (χ2v) is 8.56. The number of carbonyl (C=O) groups excluding carboxylic acids is 1. The van der Waals surface area contributed by atoms with Crippen LogP contribution < -0.4 is 11.0 Å². The fourth-order valence-electron chi connectivity index (χ4n) is 2.89. The molecule has 0 atom stereocenters. The van der Waals surface area contributed by atoms with Gasteiger partial charge >= 0.3 is 5.69 Å². The smallest absolute Gasteiger partial charge is 0.328 e. The number of nitrogens with zero attached hydrogens (tertiary/aromatic N) is 2. The van der Waals surface area contributed by atoms with E-state index in [-0.39, 0.29) is 17.1 Å². The van der Waals surface area contributed by atoms with Crippen molar-refractivity contribution < 1.29 is 13.2 Å². The lowest BCUT2D eigenvalue weighted by Crippen LogP contribution is -2.29. The number of imidazole rings is 1. The zero-order chi connectivity index (χ0) is 19.8. The van der Waals surface area contributed by atoms with Crippen molar-refractivity contribution in [2.45, 2.75) is 18.4 Å². The summed E-state index contributed by atoms with van der Waals surface area (Å²) < 4.78 is 28.0. The SMILES string of the molecule is Cc1ccc(CNC(=O)CS(=O)(=O)c2ccc3c(c2)n(C)c(=O)n3C)cc1. The molecule has 3 rings (SSSR count). The Bertz CT molecular complexity index is 1170. The molecule has 2 aromatic carbocycles. The van der Waals surface area contributed by atoms with Crippen molar-refractivity contribution >= 4 is 26.8 Å². The van der Waals surface area contributed by atoms with Gasteiger partial charge in [-0.1, -0.05) is 29.8 Å². The Morgan fingerprint density at radius 1 is 1.00 bits per heavy atom. The average molecular weight is 387 g/mol. The molecule has 0 saturated heterocycles. The van der Waals surface area contributed by atoms with Crippen LogP contribution in [0.25, 0.3) is 11.0 Å². The van der Waals surface area contributed by atoms with E-state index < -0.39 is 21.5 Å². The van der Waals surface area contributed by atoms with Crippen molar-refractivity contribution in [2.24, 2.45) is 14.1 Å². The number of fused-ring (bicyclic) bond motifs is 1. The minimum atomic E-state index is -3.82. The van der Waals surface area contributed by atoms with E-state index in [0.29, 0.717) is 11.0 Å². The molecule has 0 spiro atoms. The maximum Gasteiger partial charge on any atom is 0.328 e. The highest BCUT2D eigenvalue weighted by Crippen LogP contribution is 2.19. The van der Waals surface area contributed by atoms with Gasteiger partial charge in [-0.3, -0.25) is 13.9 Å². The van der Waals surface area contributed by atoms with Gasteiger partial charge in [0.25, 0.3) is 0 Å². The van der Waals surface area contributed by atoms with Crippen molar-refractivity contribution in [1.82, 2.24) is 14.5 Å². The Morgan fingerprint density at radius 3 is 2.30 bits per heavy atom. The van der Waals surface area contributed by atoms with Crippen molar-refractivity contribution in [1.29, 1.82) is 0 Å². The van der Waals surface area contributed by atoms with E-state index in [2.05, 4.69) is 5.32 Å². The van der Waals surface area contributed by atoms with Crippen LogP contribution in [0.15, 0.2) is 52.2 Å². The van der Waals surface area contributed by atoms with Gasteiger partial charge in [-0.2, -0.15) is 0 Å². The van der Waals surface area contributed by atoms with E-state index in [1.54, 1.807) is 20.2 Å². The molecule has 1 heterocycles. The Kier molecular flexibility index (Phi) is 4.93. The molecule has 0 fully saturated rings. The van der Waals surface area contributed by atoms with Gasteiger partial charge in [0.1, 0.15) is 5.75 Å². The Morgan fingerprint density at radius 2 is 1.63 bits per heavy atom. The number of hydrogen-bond donors (Lipinski definition) is 1. The second-order valence-electron chi connectivity index (χ2n) is 6.57. The molecular weight excluding hydrogens is 366 g/mol. The van der Waals surface area contributed by atoms with E-state index >= 15 is 0 Å². The van der Waals surface area contributed by atoms with E-state index in [0.717, 1.165) is 11.1 Å². The highest BCUT2D eigenvalue weighted by Gasteiger charge is 2.21. The van der Waals surface area contributed by atoms with Crippen molar-refractivity contribution in [3.63, 3.8) is 0 Å². The van der Waals surface area contributed by atoms with E-state index in [4.69, 9.17) is 0 Å². The minimum Gasteiger partial charge on any atom is -0.351 e. The molecule has 142 valence electrons. The first kappa shape index (κ1) is 18.9. The van der Waals surface area contributed by atoms with Gasteiger partial charge in [0, 0.05) is 20.6 Å². The van der Waals surface area contributed by atoms with Crippen LogP contribution in [0.3, 0.4) is 0 Å². The molecule has 27 heavy (non-hydrogen) atoms. The molecule has 0 radical (unpaired) electrons. The number of benzene rings is 2. The summed E-state index contributed by atoms with van der Waals surface area (Å²) in [5.74, 6) is -1.22. The summed E-state index contributed by atoms with van der Waals surface area (Å²) in [6.45, 7) is 2.23. The molecular formula is C19H21N3O4S. The Labute approximate surface area is 157 Å². The number of carbonyl (C=O) groups is 1. The molecule has 1 aromatic heterocycles. The molecule has 0 aliphatic heterocycles. The molecule has 8 heteroatoms. The van der Waals surface area contributed by atoms with Crippen LogP contribution in [-0.4, -0.2) is 29.2 Å². The highest BCUT2D eigenvalue weighted by molar-refractivity contribution is 7.92. The number of nitrogens with one attached hydrogen (secondary N) is 1. The van der Waals surface area contributed by atoms with Gasteiger partial charge in [-0.25, -0.2) is 13.2 Å². The zero-order valence-electron chi connectivity index (χ0n) is 15.4. The topological polar surface area (TPSA) is 90.2 Å². The van der Waals surface area contributed by atoms with Crippen LogP contribution in [0.5, 0.6) is 0 Å². The molecule has 0 unspecified atom stereocenters. The van der Waals surface area contributed by atoms with Crippen molar-refractivity contribution in [2.75, 3.05) is 5.75 Å². The summed E-state index contributed by atoms with van der Waals surface area (Å²) in [5.41, 5.74) is 2.90. The van der Waals surface area contributed by atoms with Gasteiger partial charge in [0.15, 0.2) is 9.84 Å². The lowest BCUT2D eigenvalue weighted by Gasteiger charge is -2.08. The number of aryl methyl sites for hydroxylation is 3. The fourth-order valence-corrected chi connectivity index (χ4v) is 4.07. The molecule has 0 aliphatic rings. The maximum absolute atomic E-state index is 12.6. The summed E-state index contributed by atoms with van der Waals surface area (Å²) in [6, 6.07) is 12.1. The summed E-state index contributed by atoms with van der Waals surface area (Å²) in [5, 5.41) is 2.63. The molecule has 0 saturated carbocycles. The molecule has 0 bridgehead atoms.